The van der Waals surface area contributed by atoms with Crippen LogP contribution in [0.15, 0.2) is 54.6 Å². The van der Waals surface area contributed by atoms with Crippen LogP contribution in [0.5, 0.6) is 0 Å². The number of nitrogens with zero attached hydrogens (tertiary/aromatic N) is 2. The Kier molecular flexibility index (Phi) is 7.14. The molecule has 0 spiro atoms. The largest absolute Gasteiger partial charge is 0.480 e. The van der Waals surface area contributed by atoms with E-state index in [4.69, 9.17) is 4.74 Å². The van der Waals surface area contributed by atoms with Crippen molar-refractivity contribution in [1.82, 2.24) is 20.4 Å². The highest BCUT2D eigenvalue weighted by Gasteiger charge is 2.29. The van der Waals surface area contributed by atoms with Crippen LogP contribution in [0.1, 0.15) is 53.0 Å². The first-order valence-electron chi connectivity index (χ1n) is 11.5. The van der Waals surface area contributed by atoms with E-state index in [0.717, 1.165) is 22.3 Å². The summed E-state index contributed by atoms with van der Waals surface area (Å²) < 4.78 is 6.88. The topological polar surface area (TPSA) is 123 Å². The highest BCUT2D eigenvalue weighted by Crippen LogP contribution is 2.44. The lowest BCUT2D eigenvalue weighted by Crippen LogP contribution is -2.41. The van der Waals surface area contributed by atoms with E-state index in [1.54, 1.807) is 7.05 Å². The number of nitrogens with one attached hydrogen (secondary N) is 2. The minimum absolute atomic E-state index is 0.0383. The number of carbonyl (C=O) groups excluding carboxylic acids is 2. The molecule has 1 aromatic heterocycles. The van der Waals surface area contributed by atoms with Crippen LogP contribution < -0.4 is 10.6 Å². The van der Waals surface area contributed by atoms with Gasteiger partial charge >= 0.3 is 12.1 Å². The normalized spacial score (nSPS) is 13.0. The van der Waals surface area contributed by atoms with E-state index in [1.807, 2.05) is 31.2 Å². The second-order valence-electron chi connectivity index (χ2n) is 8.48. The molecule has 3 aromatic rings. The second-order valence-corrected chi connectivity index (χ2v) is 8.48. The van der Waals surface area contributed by atoms with Gasteiger partial charge in [0.05, 0.1) is 12.2 Å². The summed E-state index contributed by atoms with van der Waals surface area (Å²) in [6.07, 6.45) is 0.366. The lowest BCUT2D eigenvalue weighted by molar-refractivity contribution is -0.139. The van der Waals surface area contributed by atoms with E-state index < -0.39 is 24.0 Å². The zero-order valence-electron chi connectivity index (χ0n) is 19.7. The molecule has 2 amide bonds. The average molecular weight is 477 g/mol. The highest BCUT2D eigenvalue weighted by molar-refractivity contribution is 5.95. The minimum Gasteiger partial charge on any atom is -0.480 e. The maximum Gasteiger partial charge on any atom is 0.407 e. The van der Waals surface area contributed by atoms with E-state index in [-0.39, 0.29) is 24.8 Å². The molecule has 1 unspecified atom stereocenters. The Labute approximate surface area is 203 Å². The molecular formula is C26H28N4O5. The van der Waals surface area contributed by atoms with Gasteiger partial charge in [-0.05, 0) is 34.7 Å². The number of carbonyl (C=O) groups is 3. The third-order valence-corrected chi connectivity index (χ3v) is 6.10. The summed E-state index contributed by atoms with van der Waals surface area (Å²) in [5, 5.41) is 18.7. The summed E-state index contributed by atoms with van der Waals surface area (Å²) in [7, 11) is 1.58. The summed E-state index contributed by atoms with van der Waals surface area (Å²) in [5.74, 6) is -1.66. The number of carboxylic acid groups (broad SMARTS) is 1. The molecule has 0 fully saturated rings. The van der Waals surface area contributed by atoms with E-state index in [0.29, 0.717) is 18.5 Å². The van der Waals surface area contributed by atoms with Crippen molar-refractivity contribution in [3.05, 3.63) is 77.1 Å². The molecule has 9 nitrogen and oxygen atoms in total. The maximum absolute atomic E-state index is 12.5. The lowest BCUT2D eigenvalue weighted by Gasteiger charge is -2.14. The van der Waals surface area contributed by atoms with Crippen LogP contribution >= 0.6 is 0 Å². The number of hydrogen-bond donors (Lipinski definition) is 3. The number of ether oxygens (including phenoxy) is 1. The van der Waals surface area contributed by atoms with Gasteiger partial charge in [-0.1, -0.05) is 61.9 Å². The standard InChI is InChI=1S/C26H28N4O5/c1-3-8-22(25(32)33)28-24(31)23-13-16(29-30(23)2)14-27-26(34)35-15-21-19-11-6-4-9-17(19)18-10-5-7-12-20(18)21/h4-7,9-13,21-22H,3,8,14-15H2,1-2H3,(H,27,34)(H,28,31)(H,32,33). The molecule has 2 aromatic carbocycles. The number of rotatable bonds is 9. The molecule has 35 heavy (non-hydrogen) atoms. The molecule has 1 atom stereocenters. The number of carboxylic acids is 1. The van der Waals surface area contributed by atoms with E-state index >= 15 is 0 Å². The minimum atomic E-state index is -1.08. The van der Waals surface area contributed by atoms with Crippen molar-refractivity contribution in [3.63, 3.8) is 0 Å². The van der Waals surface area contributed by atoms with Crippen LogP contribution in [-0.4, -0.2) is 45.5 Å². The van der Waals surface area contributed by atoms with Crippen molar-refractivity contribution >= 4 is 18.0 Å². The van der Waals surface area contributed by atoms with E-state index in [1.165, 1.54) is 10.7 Å². The van der Waals surface area contributed by atoms with E-state index in [9.17, 15) is 19.5 Å². The number of aliphatic carboxylic acids is 1. The van der Waals surface area contributed by atoms with Crippen LogP contribution in [0, 0.1) is 0 Å². The summed E-state index contributed by atoms with van der Waals surface area (Å²) >= 11 is 0. The monoisotopic (exact) mass is 476 g/mol. The highest BCUT2D eigenvalue weighted by atomic mass is 16.5. The molecule has 1 aliphatic rings. The van der Waals surface area contributed by atoms with Crippen LogP contribution in [0.4, 0.5) is 4.79 Å². The van der Waals surface area contributed by atoms with Gasteiger partial charge in [-0.3, -0.25) is 9.48 Å². The Morgan fingerprint density at radius 1 is 1.09 bits per heavy atom. The molecular weight excluding hydrogens is 448 g/mol. The number of hydrogen-bond acceptors (Lipinski definition) is 5. The zero-order valence-corrected chi connectivity index (χ0v) is 19.7. The third-order valence-electron chi connectivity index (χ3n) is 6.10. The lowest BCUT2D eigenvalue weighted by atomic mass is 9.98. The van der Waals surface area contributed by atoms with Crippen molar-refractivity contribution in [1.29, 1.82) is 0 Å². The zero-order chi connectivity index (χ0) is 24.9. The van der Waals surface area contributed by atoms with Gasteiger partial charge in [-0.15, -0.1) is 0 Å². The average Bonchev–Trinajstić information content (AvgIpc) is 3.38. The fourth-order valence-electron chi connectivity index (χ4n) is 4.42. The Hall–Kier alpha value is -4.14. The molecule has 9 heteroatoms. The molecule has 0 radical (unpaired) electrons. The van der Waals surface area contributed by atoms with Gasteiger partial charge in [-0.2, -0.15) is 5.10 Å². The van der Waals surface area contributed by atoms with Gasteiger partial charge in [0.25, 0.3) is 5.91 Å². The predicted molar refractivity (Wildman–Crippen MR) is 129 cm³/mol. The molecule has 4 rings (SSSR count). The van der Waals surface area contributed by atoms with E-state index in [2.05, 4.69) is 40.0 Å². The summed E-state index contributed by atoms with van der Waals surface area (Å²) in [6.45, 7) is 2.11. The van der Waals surface area contributed by atoms with Crippen molar-refractivity contribution in [3.8, 4) is 11.1 Å². The molecule has 182 valence electrons. The molecule has 1 heterocycles. The third kappa shape index (κ3) is 5.18. The van der Waals surface area contributed by atoms with Gasteiger partial charge in [0, 0.05) is 13.0 Å². The van der Waals surface area contributed by atoms with Gasteiger partial charge in [0.2, 0.25) is 0 Å². The SMILES string of the molecule is CCCC(NC(=O)c1cc(CNC(=O)OCC2c3ccccc3-c3ccccc32)nn1C)C(=O)O. The first kappa shape index (κ1) is 24.0. The van der Waals surface area contributed by atoms with Crippen molar-refractivity contribution in [2.75, 3.05) is 6.61 Å². The quantitative estimate of drug-likeness (QED) is 0.435. The number of fused-ring (bicyclic) bond motifs is 3. The van der Waals surface area contributed by atoms with Crippen molar-refractivity contribution in [2.45, 2.75) is 38.3 Å². The molecule has 0 bridgehead atoms. The van der Waals surface area contributed by atoms with Crippen LogP contribution in [0.25, 0.3) is 11.1 Å². The Bertz CT molecular complexity index is 1210. The molecule has 0 saturated carbocycles. The summed E-state index contributed by atoms with van der Waals surface area (Å²) in [6, 6.07) is 16.8. The number of benzene rings is 2. The maximum atomic E-state index is 12.5. The Balaban J connectivity index is 1.34. The molecule has 3 N–H and O–H groups in total. The first-order valence-corrected chi connectivity index (χ1v) is 11.5. The van der Waals surface area contributed by atoms with Crippen molar-refractivity contribution in [2.24, 2.45) is 7.05 Å². The fourth-order valence-corrected chi connectivity index (χ4v) is 4.42. The summed E-state index contributed by atoms with van der Waals surface area (Å²) in [4.78, 5) is 36.2. The van der Waals surface area contributed by atoms with Crippen molar-refractivity contribution < 1.29 is 24.2 Å². The van der Waals surface area contributed by atoms with Crippen LogP contribution in [-0.2, 0) is 23.1 Å². The number of alkyl carbamates (subject to hydrolysis) is 1. The molecule has 0 aliphatic heterocycles. The van der Waals surface area contributed by atoms with Crippen LogP contribution in [0.2, 0.25) is 0 Å². The first-order chi connectivity index (χ1) is 16.9. The number of amides is 2. The fraction of sp³-hybridized carbons (Fsp3) is 0.308. The Morgan fingerprint density at radius 3 is 2.31 bits per heavy atom. The Morgan fingerprint density at radius 2 is 1.71 bits per heavy atom. The number of aromatic nitrogens is 2. The smallest absolute Gasteiger partial charge is 0.407 e. The van der Waals surface area contributed by atoms with Gasteiger partial charge in [0.15, 0.2) is 0 Å². The number of aryl methyl sites for hydroxylation is 1. The second kappa shape index (κ2) is 10.4. The summed E-state index contributed by atoms with van der Waals surface area (Å²) in [5.41, 5.74) is 5.22. The van der Waals surface area contributed by atoms with Gasteiger partial charge < -0.3 is 20.5 Å². The van der Waals surface area contributed by atoms with Gasteiger partial charge in [-0.25, -0.2) is 9.59 Å². The molecule has 0 saturated heterocycles. The van der Waals surface area contributed by atoms with Gasteiger partial charge in [0.1, 0.15) is 18.3 Å². The van der Waals surface area contributed by atoms with Crippen LogP contribution in [0.3, 0.4) is 0 Å². The predicted octanol–water partition coefficient (Wildman–Crippen LogP) is 3.44. The molecule has 1 aliphatic carbocycles.